The van der Waals surface area contributed by atoms with E-state index in [1.165, 1.54) is 18.3 Å². The van der Waals surface area contributed by atoms with Crippen LogP contribution in [0, 0.1) is 0 Å². The third-order valence-electron chi connectivity index (χ3n) is 3.71. The summed E-state index contributed by atoms with van der Waals surface area (Å²) in [6.45, 7) is 1.43. The van der Waals surface area contributed by atoms with Crippen LogP contribution in [0.3, 0.4) is 0 Å². The maximum atomic E-state index is 12.3. The topological polar surface area (TPSA) is 71.1 Å². The summed E-state index contributed by atoms with van der Waals surface area (Å²) in [6, 6.07) is 12.4. The van der Waals surface area contributed by atoms with E-state index in [1.54, 1.807) is 42.1 Å². The van der Waals surface area contributed by atoms with Crippen molar-refractivity contribution in [1.29, 1.82) is 0 Å². The molecule has 2 amide bonds. The van der Waals surface area contributed by atoms with Gasteiger partial charge in [-0.05, 0) is 35.9 Å². The molecule has 0 bridgehead atoms. The zero-order valence-corrected chi connectivity index (χ0v) is 18.5. The number of hydrogen-bond acceptors (Lipinski definition) is 5. The number of halogens is 2. The molecule has 0 aliphatic carbocycles. The minimum absolute atomic E-state index is 0.166. The van der Waals surface area contributed by atoms with Gasteiger partial charge in [-0.25, -0.2) is 4.98 Å². The Kier molecular flexibility index (Phi) is 7.55. The molecule has 0 saturated carbocycles. The van der Waals surface area contributed by atoms with Gasteiger partial charge in [0.1, 0.15) is 4.34 Å². The van der Waals surface area contributed by atoms with E-state index >= 15 is 0 Å². The van der Waals surface area contributed by atoms with Crippen LogP contribution in [-0.4, -0.2) is 16.8 Å². The van der Waals surface area contributed by atoms with Crippen LogP contribution in [0.5, 0.6) is 0 Å². The minimum Gasteiger partial charge on any atom is -0.326 e. The van der Waals surface area contributed by atoms with E-state index in [0.717, 1.165) is 9.90 Å². The molecule has 1 aromatic heterocycles. The quantitative estimate of drug-likeness (QED) is 0.427. The van der Waals surface area contributed by atoms with E-state index < -0.39 is 0 Å². The van der Waals surface area contributed by atoms with Crippen molar-refractivity contribution in [2.45, 2.75) is 23.4 Å². The zero-order valence-electron chi connectivity index (χ0n) is 15.4. The van der Waals surface area contributed by atoms with Crippen molar-refractivity contribution >= 4 is 69.5 Å². The Morgan fingerprint density at radius 2 is 1.86 bits per heavy atom. The lowest BCUT2D eigenvalue weighted by atomic mass is 10.2. The van der Waals surface area contributed by atoms with E-state index in [2.05, 4.69) is 15.6 Å². The fourth-order valence-corrected chi connectivity index (χ4v) is 4.86. The minimum atomic E-state index is -0.174. The predicted molar refractivity (Wildman–Crippen MR) is 121 cm³/mol. The second-order valence-corrected chi connectivity index (χ2v) is 9.04. The van der Waals surface area contributed by atoms with Gasteiger partial charge in [-0.1, -0.05) is 47.1 Å². The Morgan fingerprint density at radius 3 is 2.59 bits per heavy atom. The van der Waals surface area contributed by atoms with Crippen LogP contribution in [0.4, 0.5) is 11.4 Å². The number of amides is 2. The maximum absolute atomic E-state index is 12.3. The number of benzene rings is 2. The zero-order chi connectivity index (χ0) is 20.8. The smallest absolute Gasteiger partial charge is 0.230 e. The first-order valence-electron chi connectivity index (χ1n) is 8.57. The normalized spacial score (nSPS) is 10.6. The van der Waals surface area contributed by atoms with Gasteiger partial charge in [0.15, 0.2) is 0 Å². The van der Waals surface area contributed by atoms with E-state index in [9.17, 15) is 9.59 Å². The molecule has 2 N–H and O–H groups in total. The number of thioether (sulfide) groups is 1. The molecular formula is C20H17Cl2N3O2S2. The third-order valence-corrected chi connectivity index (χ3v) is 6.41. The van der Waals surface area contributed by atoms with Crippen molar-refractivity contribution in [3.63, 3.8) is 0 Å². The molecule has 0 aliphatic heterocycles. The molecule has 9 heteroatoms. The molecule has 3 aromatic rings. The van der Waals surface area contributed by atoms with Crippen molar-refractivity contribution in [3.8, 4) is 0 Å². The maximum Gasteiger partial charge on any atom is 0.230 e. The predicted octanol–water partition coefficient (Wildman–Crippen LogP) is 5.88. The Balaban J connectivity index is 1.54. The van der Waals surface area contributed by atoms with E-state index in [0.29, 0.717) is 32.9 Å². The molecule has 0 fully saturated rings. The van der Waals surface area contributed by atoms with E-state index in [4.69, 9.17) is 23.2 Å². The molecule has 0 saturated heterocycles. The lowest BCUT2D eigenvalue weighted by Crippen LogP contribution is -2.15. The largest absolute Gasteiger partial charge is 0.326 e. The van der Waals surface area contributed by atoms with E-state index in [1.807, 2.05) is 17.5 Å². The highest BCUT2D eigenvalue weighted by atomic mass is 35.5. The number of aromatic nitrogens is 1. The summed E-state index contributed by atoms with van der Waals surface area (Å²) in [5.74, 6) is 0.332. The van der Waals surface area contributed by atoms with Crippen molar-refractivity contribution in [3.05, 3.63) is 69.1 Å². The summed E-state index contributed by atoms with van der Waals surface area (Å²) in [7, 11) is 0. The number of nitrogens with zero attached hydrogens (tertiary/aromatic N) is 1. The highest BCUT2D eigenvalue weighted by molar-refractivity contribution is 8.00. The molecule has 0 atom stereocenters. The van der Waals surface area contributed by atoms with Gasteiger partial charge in [0.2, 0.25) is 11.8 Å². The summed E-state index contributed by atoms with van der Waals surface area (Å²) >= 11 is 15.2. The number of carbonyl (C=O) groups is 2. The number of nitrogens with one attached hydrogen (secondary N) is 2. The fraction of sp³-hybridized carbons (Fsp3) is 0.150. The number of rotatable bonds is 7. The summed E-state index contributed by atoms with van der Waals surface area (Å²) < 4.78 is 0.867. The molecule has 0 aliphatic rings. The monoisotopic (exact) mass is 465 g/mol. The summed E-state index contributed by atoms with van der Waals surface area (Å²) in [6.07, 6.45) is 0.170. The number of hydrogen-bond donors (Lipinski definition) is 2. The Morgan fingerprint density at radius 1 is 1.10 bits per heavy atom. The van der Waals surface area contributed by atoms with Crippen LogP contribution in [0.25, 0.3) is 0 Å². The van der Waals surface area contributed by atoms with Gasteiger partial charge in [0.25, 0.3) is 0 Å². The van der Waals surface area contributed by atoms with Gasteiger partial charge in [0, 0.05) is 39.5 Å². The molecule has 0 unspecified atom stereocenters. The standard InChI is InChI=1S/C20H17Cl2N3O2S2/c1-12(26)23-15-3-2-4-16(8-15)24-19(27)9-17-11-29-20(25-17)28-10-13-5-6-14(21)7-18(13)22/h2-8,11H,9-10H2,1H3,(H,23,26)(H,24,27). The third kappa shape index (κ3) is 6.75. The number of carbonyl (C=O) groups excluding carboxylic acids is 2. The Hall–Kier alpha value is -2.06. The highest BCUT2D eigenvalue weighted by Gasteiger charge is 2.10. The van der Waals surface area contributed by atoms with Gasteiger partial charge in [0.05, 0.1) is 12.1 Å². The van der Waals surface area contributed by atoms with Gasteiger partial charge in [-0.15, -0.1) is 11.3 Å². The molecule has 3 rings (SSSR count). The van der Waals surface area contributed by atoms with Gasteiger partial charge in [-0.3, -0.25) is 9.59 Å². The second-order valence-electron chi connectivity index (χ2n) is 6.12. The Labute approximate surface area is 186 Å². The van der Waals surface area contributed by atoms with Crippen molar-refractivity contribution in [2.24, 2.45) is 0 Å². The first-order chi connectivity index (χ1) is 13.9. The average Bonchev–Trinajstić information content (AvgIpc) is 3.08. The summed E-state index contributed by atoms with van der Waals surface area (Å²) in [5.41, 5.74) is 2.93. The molecular weight excluding hydrogens is 449 g/mol. The van der Waals surface area contributed by atoms with Gasteiger partial charge >= 0.3 is 0 Å². The van der Waals surface area contributed by atoms with Crippen LogP contribution in [0.2, 0.25) is 10.0 Å². The number of thiazole rings is 1. The van der Waals surface area contributed by atoms with Crippen LogP contribution < -0.4 is 10.6 Å². The number of anilines is 2. The molecule has 0 spiro atoms. The van der Waals surface area contributed by atoms with Gasteiger partial charge < -0.3 is 10.6 Å². The fourth-order valence-electron chi connectivity index (χ4n) is 2.46. The summed E-state index contributed by atoms with van der Waals surface area (Å²) in [4.78, 5) is 28.0. The van der Waals surface area contributed by atoms with Crippen LogP contribution in [0.1, 0.15) is 18.2 Å². The van der Waals surface area contributed by atoms with Crippen molar-refractivity contribution in [1.82, 2.24) is 4.98 Å². The van der Waals surface area contributed by atoms with Crippen LogP contribution in [-0.2, 0) is 21.8 Å². The SMILES string of the molecule is CC(=O)Nc1cccc(NC(=O)Cc2csc(SCc3ccc(Cl)cc3Cl)n2)c1. The summed E-state index contributed by atoms with van der Waals surface area (Å²) in [5, 5.41) is 8.61. The van der Waals surface area contributed by atoms with Crippen LogP contribution >= 0.6 is 46.3 Å². The first-order valence-corrected chi connectivity index (χ1v) is 11.2. The van der Waals surface area contributed by atoms with Crippen molar-refractivity contribution in [2.75, 3.05) is 10.6 Å². The average molecular weight is 466 g/mol. The lowest BCUT2D eigenvalue weighted by Gasteiger charge is -2.07. The molecule has 1 heterocycles. The molecule has 150 valence electrons. The van der Waals surface area contributed by atoms with Crippen LogP contribution in [0.15, 0.2) is 52.2 Å². The van der Waals surface area contributed by atoms with Crippen molar-refractivity contribution < 1.29 is 9.59 Å². The molecule has 29 heavy (non-hydrogen) atoms. The molecule has 2 aromatic carbocycles. The lowest BCUT2D eigenvalue weighted by molar-refractivity contribution is -0.116. The van der Waals surface area contributed by atoms with Gasteiger partial charge in [-0.2, -0.15) is 0 Å². The Bertz CT molecular complexity index is 1040. The molecule has 0 radical (unpaired) electrons. The highest BCUT2D eigenvalue weighted by Crippen LogP contribution is 2.30. The molecule has 5 nitrogen and oxygen atoms in total. The second kappa shape index (κ2) is 10.1. The first kappa shape index (κ1) is 21.6. The van der Waals surface area contributed by atoms with E-state index in [-0.39, 0.29) is 18.2 Å².